The van der Waals surface area contributed by atoms with E-state index in [4.69, 9.17) is 0 Å². The molecule has 0 aliphatic carbocycles. The van der Waals surface area contributed by atoms with Gasteiger partial charge in [0, 0.05) is 23.6 Å². The number of rotatable bonds is 5. The highest BCUT2D eigenvalue weighted by molar-refractivity contribution is 7.99. The van der Waals surface area contributed by atoms with Crippen LogP contribution in [0.5, 0.6) is 0 Å². The smallest absolute Gasteiger partial charge is 0.160 e. The first-order valence-electron chi connectivity index (χ1n) is 6.75. The molecule has 0 aliphatic rings. The van der Waals surface area contributed by atoms with Gasteiger partial charge >= 0.3 is 0 Å². The average Bonchev–Trinajstić information content (AvgIpc) is 2.38. The van der Waals surface area contributed by atoms with Gasteiger partial charge in [-0.3, -0.25) is 0 Å². The number of halogens is 2. The molecule has 1 heterocycles. The second-order valence-electron chi connectivity index (χ2n) is 5.19. The summed E-state index contributed by atoms with van der Waals surface area (Å²) in [6.07, 6.45) is 0. The fourth-order valence-corrected chi connectivity index (χ4v) is 2.85. The highest BCUT2D eigenvalue weighted by Gasteiger charge is 2.05. The lowest BCUT2D eigenvalue weighted by molar-refractivity contribution is 0.437. The minimum absolute atomic E-state index is 0. The van der Waals surface area contributed by atoms with Gasteiger partial charge in [0.05, 0.1) is 0 Å². The molecular weight excluding hydrogens is 337 g/mol. The number of aromatic nitrogens is 2. The lowest BCUT2D eigenvalue weighted by atomic mass is 10.1. The van der Waals surface area contributed by atoms with Crippen LogP contribution in [0.4, 0.5) is 0 Å². The Morgan fingerprint density at radius 2 is 1.64 bits per heavy atom. The lowest BCUT2D eigenvalue weighted by Crippen LogP contribution is -2.14. The molecule has 3 nitrogen and oxygen atoms in total. The van der Waals surface area contributed by atoms with Crippen molar-refractivity contribution in [2.24, 2.45) is 0 Å². The summed E-state index contributed by atoms with van der Waals surface area (Å²) in [7, 11) is 4.17. The SMILES string of the molecule is Cc1ccc(-c2nc(C)cc(SCCN(C)C)n2)cc1.Cl.Cl. The zero-order valence-corrected chi connectivity index (χ0v) is 15.8. The predicted molar refractivity (Wildman–Crippen MR) is 101 cm³/mol. The van der Waals surface area contributed by atoms with E-state index in [1.54, 1.807) is 11.8 Å². The number of hydrogen-bond acceptors (Lipinski definition) is 4. The van der Waals surface area contributed by atoms with E-state index in [0.29, 0.717) is 0 Å². The molecule has 0 spiro atoms. The van der Waals surface area contributed by atoms with E-state index in [-0.39, 0.29) is 24.8 Å². The molecule has 2 aromatic rings. The molecule has 1 aromatic heterocycles. The molecule has 0 bridgehead atoms. The van der Waals surface area contributed by atoms with Crippen molar-refractivity contribution in [3.8, 4) is 11.4 Å². The number of thioether (sulfide) groups is 1. The molecule has 0 radical (unpaired) electrons. The Balaban J connectivity index is 0.00000220. The molecule has 0 amide bonds. The van der Waals surface area contributed by atoms with Crippen LogP contribution in [-0.4, -0.2) is 41.3 Å². The molecule has 122 valence electrons. The minimum atomic E-state index is 0. The molecule has 0 unspecified atom stereocenters. The Morgan fingerprint density at radius 3 is 2.23 bits per heavy atom. The molecule has 2 rings (SSSR count). The van der Waals surface area contributed by atoms with Crippen LogP contribution in [0.15, 0.2) is 35.4 Å². The second kappa shape index (κ2) is 10.1. The molecule has 0 fully saturated rings. The van der Waals surface area contributed by atoms with Crippen LogP contribution in [0, 0.1) is 13.8 Å². The van der Waals surface area contributed by atoms with Crippen LogP contribution in [-0.2, 0) is 0 Å². The van der Waals surface area contributed by atoms with Gasteiger partial charge in [0.2, 0.25) is 0 Å². The standard InChI is InChI=1S/C16H21N3S.2ClH/c1-12-5-7-14(8-6-12)16-17-13(2)11-15(18-16)20-10-9-19(3)4;;/h5-8,11H,9-10H2,1-4H3;2*1H. The molecule has 0 atom stereocenters. The second-order valence-corrected chi connectivity index (χ2v) is 6.30. The molecule has 6 heteroatoms. The summed E-state index contributed by atoms with van der Waals surface area (Å²) in [5.74, 6) is 1.86. The molecule has 22 heavy (non-hydrogen) atoms. The Kier molecular flexibility index (Phi) is 9.69. The van der Waals surface area contributed by atoms with E-state index in [0.717, 1.165) is 34.4 Å². The summed E-state index contributed by atoms with van der Waals surface area (Å²) >= 11 is 1.78. The first-order chi connectivity index (χ1) is 9.54. The molecule has 0 N–H and O–H groups in total. The number of nitrogens with zero attached hydrogens (tertiary/aromatic N) is 3. The zero-order chi connectivity index (χ0) is 14.5. The van der Waals surface area contributed by atoms with E-state index >= 15 is 0 Å². The Labute approximate surface area is 149 Å². The summed E-state index contributed by atoms with van der Waals surface area (Å²) in [6.45, 7) is 5.16. The van der Waals surface area contributed by atoms with Gasteiger partial charge in [-0.15, -0.1) is 36.6 Å². The van der Waals surface area contributed by atoms with E-state index in [1.807, 2.05) is 6.92 Å². The normalized spacial score (nSPS) is 10.0. The van der Waals surface area contributed by atoms with Gasteiger partial charge in [-0.05, 0) is 34.0 Å². The topological polar surface area (TPSA) is 29.0 Å². The van der Waals surface area contributed by atoms with Crippen molar-refractivity contribution >= 4 is 36.6 Å². The van der Waals surface area contributed by atoms with Gasteiger partial charge in [0.15, 0.2) is 5.82 Å². The van der Waals surface area contributed by atoms with Gasteiger partial charge in [-0.25, -0.2) is 9.97 Å². The molecular formula is C16H23Cl2N3S. The van der Waals surface area contributed by atoms with Crippen LogP contribution in [0.1, 0.15) is 11.3 Å². The van der Waals surface area contributed by atoms with E-state index in [9.17, 15) is 0 Å². The van der Waals surface area contributed by atoms with E-state index in [2.05, 4.69) is 66.2 Å². The average molecular weight is 360 g/mol. The Morgan fingerprint density at radius 1 is 1.00 bits per heavy atom. The van der Waals surface area contributed by atoms with Crippen LogP contribution in [0.25, 0.3) is 11.4 Å². The largest absolute Gasteiger partial charge is 0.309 e. The van der Waals surface area contributed by atoms with Crippen LogP contribution >= 0.6 is 36.6 Å². The maximum absolute atomic E-state index is 4.66. The van der Waals surface area contributed by atoms with Crippen molar-refractivity contribution < 1.29 is 0 Å². The van der Waals surface area contributed by atoms with Crippen LogP contribution in [0.3, 0.4) is 0 Å². The first-order valence-corrected chi connectivity index (χ1v) is 7.73. The first kappa shape index (κ1) is 21.2. The van der Waals surface area contributed by atoms with Crippen molar-refractivity contribution in [2.75, 3.05) is 26.4 Å². The monoisotopic (exact) mass is 359 g/mol. The maximum atomic E-state index is 4.66. The molecule has 1 aromatic carbocycles. The van der Waals surface area contributed by atoms with Crippen molar-refractivity contribution in [2.45, 2.75) is 18.9 Å². The maximum Gasteiger partial charge on any atom is 0.160 e. The summed E-state index contributed by atoms with van der Waals surface area (Å²) in [5, 5.41) is 1.05. The molecule has 0 saturated carbocycles. The van der Waals surface area contributed by atoms with Gasteiger partial charge < -0.3 is 4.90 Å². The van der Waals surface area contributed by atoms with Gasteiger partial charge in [-0.1, -0.05) is 29.8 Å². The summed E-state index contributed by atoms with van der Waals surface area (Å²) in [4.78, 5) is 11.4. The van der Waals surface area contributed by atoms with Crippen molar-refractivity contribution in [3.63, 3.8) is 0 Å². The van der Waals surface area contributed by atoms with Gasteiger partial charge in [0.25, 0.3) is 0 Å². The quantitative estimate of drug-likeness (QED) is 0.589. The van der Waals surface area contributed by atoms with E-state index in [1.165, 1.54) is 5.56 Å². The third kappa shape index (κ3) is 6.53. The number of benzene rings is 1. The summed E-state index contributed by atoms with van der Waals surface area (Å²) in [6, 6.07) is 10.4. The highest BCUT2D eigenvalue weighted by atomic mass is 35.5. The van der Waals surface area contributed by atoms with Gasteiger partial charge in [-0.2, -0.15) is 0 Å². The Bertz CT molecular complexity index is 574. The highest BCUT2D eigenvalue weighted by Crippen LogP contribution is 2.21. The third-order valence-electron chi connectivity index (χ3n) is 2.93. The minimum Gasteiger partial charge on any atom is -0.309 e. The van der Waals surface area contributed by atoms with Gasteiger partial charge in [0.1, 0.15) is 5.03 Å². The van der Waals surface area contributed by atoms with Crippen molar-refractivity contribution in [1.29, 1.82) is 0 Å². The molecule has 0 aliphatic heterocycles. The fraction of sp³-hybridized carbons (Fsp3) is 0.375. The van der Waals surface area contributed by atoms with Crippen LogP contribution in [0.2, 0.25) is 0 Å². The fourth-order valence-electron chi connectivity index (χ4n) is 1.78. The Hall–Kier alpha value is -0.810. The summed E-state index contributed by atoms with van der Waals surface area (Å²) in [5.41, 5.74) is 3.35. The number of aryl methyl sites for hydroxylation is 2. The van der Waals surface area contributed by atoms with E-state index < -0.39 is 0 Å². The van der Waals surface area contributed by atoms with Crippen molar-refractivity contribution in [1.82, 2.24) is 14.9 Å². The van der Waals surface area contributed by atoms with Crippen molar-refractivity contribution in [3.05, 3.63) is 41.6 Å². The van der Waals surface area contributed by atoms with Crippen LogP contribution < -0.4 is 0 Å². The lowest BCUT2D eigenvalue weighted by Gasteiger charge is -2.09. The zero-order valence-electron chi connectivity index (χ0n) is 13.4. The third-order valence-corrected chi connectivity index (χ3v) is 3.82. The predicted octanol–water partition coefficient (Wildman–Crippen LogP) is 4.26. The summed E-state index contributed by atoms with van der Waals surface area (Å²) < 4.78 is 0. The number of hydrogen-bond donors (Lipinski definition) is 0. The molecule has 0 saturated heterocycles.